The molecule has 32 heavy (non-hydrogen) atoms. The summed E-state index contributed by atoms with van der Waals surface area (Å²) in [5.74, 6) is 1.28. The van der Waals surface area contributed by atoms with Crippen molar-refractivity contribution in [1.82, 2.24) is 9.80 Å². The van der Waals surface area contributed by atoms with Crippen LogP contribution in [-0.2, 0) is 10.3 Å². The Bertz CT molecular complexity index is 902. The Morgan fingerprint density at radius 1 is 1.03 bits per heavy atom. The van der Waals surface area contributed by atoms with E-state index >= 15 is 0 Å². The molecule has 6 heteroatoms. The zero-order valence-corrected chi connectivity index (χ0v) is 19.3. The van der Waals surface area contributed by atoms with Crippen molar-refractivity contribution in [2.45, 2.75) is 38.3 Å². The van der Waals surface area contributed by atoms with Gasteiger partial charge in [-0.2, -0.15) is 0 Å². The molecule has 0 aromatic heterocycles. The maximum atomic E-state index is 12.4. The van der Waals surface area contributed by atoms with Gasteiger partial charge in [0.05, 0.1) is 18.2 Å². The Hall–Kier alpha value is -2.57. The van der Waals surface area contributed by atoms with Crippen molar-refractivity contribution < 1.29 is 19.4 Å². The lowest BCUT2D eigenvalue weighted by Crippen LogP contribution is -2.62. The lowest BCUT2D eigenvalue weighted by molar-refractivity contribution is -0.0289. The molecule has 0 spiro atoms. The van der Waals surface area contributed by atoms with Gasteiger partial charge in [-0.05, 0) is 74.5 Å². The van der Waals surface area contributed by atoms with Gasteiger partial charge in [0, 0.05) is 13.7 Å². The average Bonchev–Trinajstić information content (AvgIpc) is 2.80. The molecular formula is C26H34N2O4. The number of benzene rings is 2. The maximum absolute atomic E-state index is 12.4. The minimum absolute atomic E-state index is 0.0512. The van der Waals surface area contributed by atoms with Crippen LogP contribution in [0.5, 0.6) is 5.75 Å². The predicted octanol–water partition coefficient (Wildman–Crippen LogP) is 4.69. The fourth-order valence-electron chi connectivity index (χ4n) is 5.22. The second-order valence-electron chi connectivity index (χ2n) is 9.36. The molecule has 3 aliphatic heterocycles. The van der Waals surface area contributed by atoms with E-state index in [0.29, 0.717) is 19.1 Å². The van der Waals surface area contributed by atoms with Crippen LogP contribution in [0.1, 0.15) is 32.3 Å². The van der Waals surface area contributed by atoms with Crippen molar-refractivity contribution in [2.24, 2.45) is 5.92 Å². The number of ether oxygens (including phenoxy) is 2. The van der Waals surface area contributed by atoms with Crippen LogP contribution in [0.25, 0.3) is 11.1 Å². The second-order valence-corrected chi connectivity index (χ2v) is 9.36. The van der Waals surface area contributed by atoms with Gasteiger partial charge >= 0.3 is 6.09 Å². The molecule has 1 unspecified atom stereocenters. The molecule has 1 atom stereocenters. The maximum Gasteiger partial charge on any atom is 0.408 e. The number of carbonyl (C=O) groups is 1. The summed E-state index contributed by atoms with van der Waals surface area (Å²) in [6.07, 6.45) is 1.35. The van der Waals surface area contributed by atoms with Crippen LogP contribution in [0.2, 0.25) is 0 Å². The van der Waals surface area contributed by atoms with Gasteiger partial charge in [0.2, 0.25) is 0 Å². The van der Waals surface area contributed by atoms with Gasteiger partial charge in [0.15, 0.2) is 0 Å². The lowest BCUT2D eigenvalue weighted by atomic mass is 9.80. The highest BCUT2D eigenvalue weighted by Crippen LogP contribution is 2.38. The normalized spacial score (nSPS) is 22.5. The molecule has 1 N–H and O–H groups in total. The van der Waals surface area contributed by atoms with E-state index in [4.69, 9.17) is 9.47 Å². The van der Waals surface area contributed by atoms with Crippen LogP contribution in [-0.4, -0.2) is 67.0 Å². The molecule has 3 heterocycles. The molecule has 3 fully saturated rings. The van der Waals surface area contributed by atoms with Gasteiger partial charge < -0.3 is 19.5 Å². The number of fused-ring (bicyclic) bond motifs is 3. The zero-order chi connectivity index (χ0) is 22.7. The van der Waals surface area contributed by atoms with Crippen molar-refractivity contribution in [3.63, 3.8) is 0 Å². The number of methoxy groups -OCH3 is 1. The second kappa shape index (κ2) is 9.51. The molecule has 2 aromatic rings. The number of amides is 1. The Morgan fingerprint density at radius 3 is 2.12 bits per heavy atom. The smallest absolute Gasteiger partial charge is 0.408 e. The van der Waals surface area contributed by atoms with Gasteiger partial charge in [0.1, 0.15) is 12.4 Å². The third-order valence-corrected chi connectivity index (χ3v) is 7.10. The number of piperidine rings is 3. The van der Waals surface area contributed by atoms with Crippen molar-refractivity contribution in [3.8, 4) is 16.9 Å². The fourth-order valence-corrected chi connectivity index (χ4v) is 5.22. The van der Waals surface area contributed by atoms with Gasteiger partial charge in [-0.3, -0.25) is 4.90 Å². The standard InChI is InChI=1S/C26H34N2O4/c1-26(2,28(25(29)30)24-18-27-14-12-21(24)13-15-27)22-8-4-19(5-9-22)20-6-10-23(11-7-20)32-17-16-31-3/h4-11,21,24H,12-18H2,1-3H3,(H,29,30). The third-order valence-electron chi connectivity index (χ3n) is 7.10. The first-order valence-electron chi connectivity index (χ1n) is 11.5. The molecule has 2 aromatic carbocycles. The Balaban J connectivity index is 1.51. The van der Waals surface area contributed by atoms with E-state index in [2.05, 4.69) is 29.2 Å². The van der Waals surface area contributed by atoms with Gasteiger partial charge in [-0.1, -0.05) is 36.4 Å². The predicted molar refractivity (Wildman–Crippen MR) is 125 cm³/mol. The molecule has 0 aliphatic carbocycles. The fraction of sp³-hybridized carbons (Fsp3) is 0.500. The van der Waals surface area contributed by atoms with E-state index in [9.17, 15) is 9.90 Å². The number of rotatable bonds is 8. The van der Waals surface area contributed by atoms with Crippen LogP contribution >= 0.6 is 0 Å². The molecule has 6 nitrogen and oxygen atoms in total. The van der Waals surface area contributed by atoms with Crippen LogP contribution in [0.15, 0.2) is 48.5 Å². The zero-order valence-electron chi connectivity index (χ0n) is 19.3. The highest BCUT2D eigenvalue weighted by atomic mass is 16.5. The summed E-state index contributed by atoms with van der Waals surface area (Å²) in [6.45, 7) is 8.18. The van der Waals surface area contributed by atoms with E-state index in [1.165, 1.54) is 0 Å². The SMILES string of the molecule is COCCOc1ccc(-c2ccc(C(C)(C)N(C(=O)O)C3CN4CCC3CC4)cc2)cc1. The van der Waals surface area contributed by atoms with Gasteiger partial charge in [0.25, 0.3) is 0 Å². The Kier molecular flexibility index (Phi) is 6.72. The molecule has 1 amide bonds. The average molecular weight is 439 g/mol. The van der Waals surface area contributed by atoms with Crippen LogP contribution in [0.4, 0.5) is 4.79 Å². The number of nitrogens with zero attached hydrogens (tertiary/aromatic N) is 2. The summed E-state index contributed by atoms with van der Waals surface area (Å²) in [7, 11) is 1.66. The van der Waals surface area contributed by atoms with E-state index in [1.807, 2.05) is 38.1 Å². The van der Waals surface area contributed by atoms with Crippen molar-refractivity contribution in [1.29, 1.82) is 0 Å². The monoisotopic (exact) mass is 438 g/mol. The molecule has 3 saturated heterocycles. The number of carboxylic acid groups (broad SMARTS) is 1. The quantitative estimate of drug-likeness (QED) is 0.606. The van der Waals surface area contributed by atoms with Gasteiger partial charge in [-0.25, -0.2) is 4.79 Å². The van der Waals surface area contributed by atoms with Crippen LogP contribution in [0.3, 0.4) is 0 Å². The summed E-state index contributed by atoms with van der Waals surface area (Å²) < 4.78 is 10.7. The Morgan fingerprint density at radius 2 is 1.62 bits per heavy atom. The number of hydrogen-bond donors (Lipinski definition) is 1. The molecule has 2 bridgehead atoms. The molecule has 5 rings (SSSR count). The molecule has 0 saturated carbocycles. The first-order chi connectivity index (χ1) is 15.4. The van der Waals surface area contributed by atoms with Gasteiger partial charge in [-0.15, -0.1) is 0 Å². The topological polar surface area (TPSA) is 62.2 Å². The van der Waals surface area contributed by atoms with Crippen molar-refractivity contribution in [2.75, 3.05) is 40.0 Å². The minimum atomic E-state index is -0.832. The summed E-state index contributed by atoms with van der Waals surface area (Å²) in [5.41, 5.74) is 2.60. The van der Waals surface area contributed by atoms with E-state index in [0.717, 1.165) is 54.9 Å². The molecule has 172 valence electrons. The van der Waals surface area contributed by atoms with E-state index in [-0.39, 0.29) is 6.04 Å². The third kappa shape index (κ3) is 4.62. The summed E-state index contributed by atoms with van der Waals surface area (Å²) in [5, 5.41) is 10.2. The summed E-state index contributed by atoms with van der Waals surface area (Å²) >= 11 is 0. The van der Waals surface area contributed by atoms with E-state index < -0.39 is 11.6 Å². The highest BCUT2D eigenvalue weighted by Gasteiger charge is 2.45. The lowest BCUT2D eigenvalue weighted by Gasteiger charge is -2.52. The molecular weight excluding hydrogens is 404 g/mol. The first-order valence-corrected chi connectivity index (χ1v) is 11.5. The molecule has 3 aliphatic rings. The van der Waals surface area contributed by atoms with Crippen molar-refractivity contribution >= 4 is 6.09 Å². The summed E-state index contributed by atoms with van der Waals surface area (Å²) in [6, 6.07) is 16.3. The Labute approximate surface area is 190 Å². The van der Waals surface area contributed by atoms with Crippen LogP contribution < -0.4 is 4.74 Å². The minimum Gasteiger partial charge on any atom is -0.491 e. The summed E-state index contributed by atoms with van der Waals surface area (Å²) in [4.78, 5) is 16.5. The van der Waals surface area contributed by atoms with E-state index in [1.54, 1.807) is 12.0 Å². The first kappa shape index (κ1) is 22.6. The number of hydrogen-bond acceptors (Lipinski definition) is 4. The van der Waals surface area contributed by atoms with Crippen LogP contribution in [0, 0.1) is 5.92 Å². The molecule has 0 radical (unpaired) electrons. The highest BCUT2D eigenvalue weighted by molar-refractivity contribution is 5.68. The largest absolute Gasteiger partial charge is 0.491 e. The van der Waals surface area contributed by atoms with Crippen molar-refractivity contribution in [3.05, 3.63) is 54.1 Å².